The molecule has 0 aromatic carbocycles. The number of nitrogens with one attached hydrogen (secondary N) is 1. The second kappa shape index (κ2) is 8.44. The molecule has 1 saturated carbocycles. The van der Waals surface area contributed by atoms with Crippen molar-refractivity contribution in [3.8, 4) is 6.07 Å². The minimum atomic E-state index is -0.103. The quantitative estimate of drug-likeness (QED) is 0.620. The van der Waals surface area contributed by atoms with Crippen molar-refractivity contribution in [2.24, 2.45) is 0 Å². The average Bonchev–Trinajstić information content (AvgIpc) is 3.17. The number of nitriles is 1. The second-order valence-electron chi connectivity index (χ2n) is 4.91. The Morgan fingerprint density at radius 1 is 1.39 bits per heavy atom. The van der Waals surface area contributed by atoms with Gasteiger partial charge in [0.05, 0.1) is 19.3 Å². The van der Waals surface area contributed by atoms with E-state index in [0.717, 1.165) is 13.1 Å². The number of hydrogen-bond donors (Lipinski definition) is 1. The Balaban J connectivity index is 2.43. The zero-order valence-corrected chi connectivity index (χ0v) is 11.7. The van der Waals surface area contributed by atoms with Crippen molar-refractivity contribution >= 4 is 0 Å². The van der Waals surface area contributed by atoms with E-state index < -0.39 is 0 Å². The second-order valence-corrected chi connectivity index (χ2v) is 4.91. The fourth-order valence-electron chi connectivity index (χ4n) is 1.95. The molecule has 1 N–H and O–H groups in total. The number of nitrogens with zero attached hydrogens (tertiary/aromatic N) is 2. The summed E-state index contributed by atoms with van der Waals surface area (Å²) in [6.45, 7) is 5.01. The summed E-state index contributed by atoms with van der Waals surface area (Å²) in [5, 5.41) is 12.5. The van der Waals surface area contributed by atoms with E-state index in [1.807, 2.05) is 0 Å². The molecule has 1 rings (SSSR count). The normalized spacial score (nSPS) is 18.6. The topological polar surface area (TPSA) is 57.5 Å². The van der Waals surface area contributed by atoms with Crippen molar-refractivity contribution in [2.75, 3.05) is 40.5 Å². The van der Waals surface area contributed by atoms with E-state index in [9.17, 15) is 5.26 Å². The van der Waals surface area contributed by atoms with Crippen molar-refractivity contribution in [2.45, 2.75) is 37.9 Å². The third-order valence-corrected chi connectivity index (χ3v) is 3.20. The third-order valence-electron chi connectivity index (χ3n) is 3.20. The van der Waals surface area contributed by atoms with Gasteiger partial charge in [-0.3, -0.25) is 10.2 Å². The van der Waals surface area contributed by atoms with Crippen LogP contribution in [0.25, 0.3) is 0 Å². The van der Waals surface area contributed by atoms with E-state index in [1.54, 1.807) is 14.2 Å². The summed E-state index contributed by atoms with van der Waals surface area (Å²) in [6, 6.07) is 3.09. The van der Waals surface area contributed by atoms with Gasteiger partial charge in [0.15, 0.2) is 0 Å². The number of hydrogen-bond acceptors (Lipinski definition) is 5. The van der Waals surface area contributed by atoms with E-state index in [-0.39, 0.29) is 6.04 Å². The Morgan fingerprint density at radius 3 is 2.61 bits per heavy atom. The van der Waals surface area contributed by atoms with Gasteiger partial charge in [-0.1, -0.05) is 0 Å². The molecular formula is C13H25N3O2. The highest BCUT2D eigenvalue weighted by Gasteiger charge is 2.26. The minimum Gasteiger partial charge on any atom is -0.383 e. The molecule has 1 aliphatic rings. The molecule has 0 radical (unpaired) electrons. The van der Waals surface area contributed by atoms with E-state index >= 15 is 0 Å². The van der Waals surface area contributed by atoms with E-state index in [2.05, 4.69) is 23.2 Å². The highest BCUT2D eigenvalue weighted by molar-refractivity contribution is 4.97. The van der Waals surface area contributed by atoms with Crippen LogP contribution in [0.5, 0.6) is 0 Å². The molecule has 1 fully saturated rings. The molecule has 0 aliphatic heterocycles. The molecule has 0 amide bonds. The molecule has 0 heterocycles. The molecule has 0 bridgehead atoms. The van der Waals surface area contributed by atoms with Gasteiger partial charge < -0.3 is 9.47 Å². The van der Waals surface area contributed by atoms with Gasteiger partial charge in [-0.2, -0.15) is 5.26 Å². The predicted octanol–water partition coefficient (Wildman–Crippen LogP) is 0.614. The summed E-state index contributed by atoms with van der Waals surface area (Å²) in [6.07, 6.45) is 2.40. The summed E-state index contributed by atoms with van der Waals surface area (Å²) in [5.41, 5.74) is 0. The summed E-state index contributed by atoms with van der Waals surface area (Å²) in [4.78, 5) is 2.25. The van der Waals surface area contributed by atoms with Crippen molar-refractivity contribution in [1.29, 1.82) is 5.26 Å². The highest BCUT2D eigenvalue weighted by atomic mass is 16.5. The van der Waals surface area contributed by atoms with Gasteiger partial charge in [0.1, 0.15) is 6.04 Å². The lowest BCUT2D eigenvalue weighted by molar-refractivity contribution is 0.0720. The Labute approximate surface area is 110 Å². The lowest BCUT2D eigenvalue weighted by atomic mass is 10.2. The third kappa shape index (κ3) is 5.78. The maximum absolute atomic E-state index is 9.19. The first-order valence-electron chi connectivity index (χ1n) is 6.58. The number of rotatable bonds is 10. The van der Waals surface area contributed by atoms with Crippen LogP contribution in [-0.4, -0.2) is 63.5 Å². The highest BCUT2D eigenvalue weighted by Crippen LogP contribution is 2.19. The van der Waals surface area contributed by atoms with Crippen LogP contribution in [-0.2, 0) is 9.47 Å². The Morgan fingerprint density at radius 2 is 2.11 bits per heavy atom. The first-order valence-corrected chi connectivity index (χ1v) is 6.58. The Bertz CT molecular complexity index is 263. The molecule has 5 heteroatoms. The van der Waals surface area contributed by atoms with Crippen LogP contribution in [0.2, 0.25) is 0 Å². The monoisotopic (exact) mass is 255 g/mol. The predicted molar refractivity (Wildman–Crippen MR) is 70.3 cm³/mol. The summed E-state index contributed by atoms with van der Waals surface area (Å²) >= 11 is 0. The van der Waals surface area contributed by atoms with Crippen molar-refractivity contribution in [1.82, 2.24) is 10.2 Å². The number of methoxy groups -OCH3 is 2. The average molecular weight is 255 g/mol. The summed E-state index contributed by atoms with van der Waals surface area (Å²) < 4.78 is 10.3. The van der Waals surface area contributed by atoms with Crippen LogP contribution in [0, 0.1) is 11.3 Å². The molecule has 0 spiro atoms. The standard InChI is InChI=1S/C13H25N3O2/c1-11(10-18-3)16(6-7-17-2)9-13(8-14)15-12-4-5-12/h11-13,15H,4-7,9-10H2,1-3H3. The maximum Gasteiger partial charge on any atom is 0.108 e. The molecule has 2 atom stereocenters. The lowest BCUT2D eigenvalue weighted by Gasteiger charge is -2.30. The first kappa shape index (κ1) is 15.4. The van der Waals surface area contributed by atoms with Gasteiger partial charge >= 0.3 is 0 Å². The van der Waals surface area contributed by atoms with Crippen LogP contribution in [0.15, 0.2) is 0 Å². The van der Waals surface area contributed by atoms with E-state index in [4.69, 9.17) is 9.47 Å². The van der Waals surface area contributed by atoms with Crippen LogP contribution >= 0.6 is 0 Å². The molecule has 5 nitrogen and oxygen atoms in total. The molecular weight excluding hydrogens is 230 g/mol. The molecule has 1 aliphatic carbocycles. The fraction of sp³-hybridized carbons (Fsp3) is 0.923. The molecule has 0 aromatic heterocycles. The molecule has 18 heavy (non-hydrogen) atoms. The van der Waals surface area contributed by atoms with Crippen LogP contribution in [0.3, 0.4) is 0 Å². The maximum atomic E-state index is 9.19. The molecule has 104 valence electrons. The van der Waals surface area contributed by atoms with Gasteiger partial charge in [-0.15, -0.1) is 0 Å². The van der Waals surface area contributed by atoms with E-state index in [1.165, 1.54) is 12.8 Å². The van der Waals surface area contributed by atoms with Crippen molar-refractivity contribution in [3.05, 3.63) is 0 Å². The van der Waals surface area contributed by atoms with Crippen LogP contribution in [0.4, 0.5) is 0 Å². The SMILES string of the molecule is COCCN(CC(C#N)NC1CC1)C(C)COC. The largest absolute Gasteiger partial charge is 0.383 e. The van der Waals surface area contributed by atoms with Gasteiger partial charge in [0.25, 0.3) is 0 Å². The van der Waals surface area contributed by atoms with Gasteiger partial charge in [0, 0.05) is 39.4 Å². The van der Waals surface area contributed by atoms with Gasteiger partial charge in [-0.05, 0) is 19.8 Å². The zero-order chi connectivity index (χ0) is 13.4. The zero-order valence-electron chi connectivity index (χ0n) is 11.7. The molecule has 2 unspecified atom stereocenters. The first-order chi connectivity index (χ1) is 8.71. The lowest BCUT2D eigenvalue weighted by Crippen LogP contribution is -2.47. The Hall–Kier alpha value is -0.670. The van der Waals surface area contributed by atoms with Crippen LogP contribution < -0.4 is 5.32 Å². The van der Waals surface area contributed by atoms with E-state index in [0.29, 0.717) is 25.3 Å². The summed E-state index contributed by atoms with van der Waals surface area (Å²) in [7, 11) is 3.40. The van der Waals surface area contributed by atoms with Gasteiger partial charge in [0.2, 0.25) is 0 Å². The van der Waals surface area contributed by atoms with Crippen molar-refractivity contribution in [3.63, 3.8) is 0 Å². The molecule has 0 aromatic rings. The summed E-state index contributed by atoms with van der Waals surface area (Å²) in [5.74, 6) is 0. The van der Waals surface area contributed by atoms with Crippen molar-refractivity contribution < 1.29 is 9.47 Å². The van der Waals surface area contributed by atoms with Gasteiger partial charge in [-0.25, -0.2) is 0 Å². The number of ether oxygens (including phenoxy) is 2. The molecule has 0 saturated heterocycles. The Kier molecular flexibility index (Phi) is 7.21. The van der Waals surface area contributed by atoms with Crippen LogP contribution in [0.1, 0.15) is 19.8 Å². The fourth-order valence-corrected chi connectivity index (χ4v) is 1.95. The minimum absolute atomic E-state index is 0.103. The smallest absolute Gasteiger partial charge is 0.108 e.